The molecular formula is C24H35N2O+. The highest BCUT2D eigenvalue weighted by Crippen LogP contribution is 2.49. The van der Waals surface area contributed by atoms with Crippen molar-refractivity contribution in [2.24, 2.45) is 5.92 Å². The van der Waals surface area contributed by atoms with Gasteiger partial charge in [-0.2, -0.15) is 0 Å². The van der Waals surface area contributed by atoms with E-state index in [-0.39, 0.29) is 5.41 Å². The zero-order valence-corrected chi connectivity index (χ0v) is 16.8. The van der Waals surface area contributed by atoms with Crippen LogP contribution in [0.5, 0.6) is 0 Å². The Kier molecular flexibility index (Phi) is 5.68. The second kappa shape index (κ2) is 8.18. The van der Waals surface area contributed by atoms with Crippen LogP contribution < -0.4 is 4.90 Å². The zero-order chi connectivity index (χ0) is 18.7. The van der Waals surface area contributed by atoms with Crippen molar-refractivity contribution >= 4 is 5.91 Å². The van der Waals surface area contributed by atoms with Gasteiger partial charge in [-0.05, 0) is 50.5 Å². The first-order valence-electron chi connectivity index (χ1n) is 11.1. The summed E-state index contributed by atoms with van der Waals surface area (Å²) in [5.41, 5.74) is 1.01. The molecule has 1 amide bonds. The molecule has 1 aromatic carbocycles. The van der Waals surface area contributed by atoms with E-state index in [1.54, 1.807) is 4.90 Å². The molecule has 0 aromatic heterocycles. The zero-order valence-electron chi connectivity index (χ0n) is 16.8. The SMILES string of the molecule is CC[NH+]1CCC[C@H]1CN(C[C@H]1CC=CCC1)C(=O)C1(c2ccccc2)CC1. The summed E-state index contributed by atoms with van der Waals surface area (Å²) >= 11 is 0. The molecular weight excluding hydrogens is 332 g/mol. The number of nitrogens with zero attached hydrogens (tertiary/aromatic N) is 1. The van der Waals surface area contributed by atoms with Gasteiger partial charge in [0, 0.05) is 19.4 Å². The van der Waals surface area contributed by atoms with E-state index in [4.69, 9.17) is 0 Å². The first-order valence-corrected chi connectivity index (χ1v) is 11.1. The van der Waals surface area contributed by atoms with Crippen LogP contribution >= 0.6 is 0 Å². The summed E-state index contributed by atoms with van der Waals surface area (Å²) in [6, 6.07) is 11.2. The molecule has 2 fully saturated rings. The number of rotatable bonds is 7. The summed E-state index contributed by atoms with van der Waals surface area (Å²) in [4.78, 5) is 17.8. The summed E-state index contributed by atoms with van der Waals surface area (Å²) in [6.45, 7) is 6.65. The molecule has 27 heavy (non-hydrogen) atoms. The van der Waals surface area contributed by atoms with E-state index in [1.165, 1.54) is 44.3 Å². The van der Waals surface area contributed by atoms with E-state index >= 15 is 0 Å². The fourth-order valence-corrected chi connectivity index (χ4v) is 5.32. The molecule has 1 aromatic rings. The third-order valence-corrected chi connectivity index (χ3v) is 7.15. The normalized spacial score (nSPS) is 28.9. The van der Waals surface area contributed by atoms with Gasteiger partial charge in [-0.3, -0.25) is 4.79 Å². The molecule has 4 rings (SSSR count). The average molecular weight is 368 g/mol. The van der Waals surface area contributed by atoms with Crippen LogP contribution in [0, 0.1) is 5.92 Å². The van der Waals surface area contributed by atoms with Gasteiger partial charge in [0.05, 0.1) is 25.0 Å². The Morgan fingerprint density at radius 1 is 1.15 bits per heavy atom. The molecule has 0 radical (unpaired) electrons. The van der Waals surface area contributed by atoms with E-state index in [9.17, 15) is 4.79 Å². The minimum absolute atomic E-state index is 0.225. The fourth-order valence-electron chi connectivity index (χ4n) is 5.32. The molecule has 146 valence electrons. The summed E-state index contributed by atoms with van der Waals surface area (Å²) < 4.78 is 0. The average Bonchev–Trinajstić information content (AvgIpc) is 3.41. The number of benzene rings is 1. The molecule has 1 N–H and O–H groups in total. The lowest BCUT2D eigenvalue weighted by atomic mass is 9.91. The molecule has 2 aliphatic carbocycles. The summed E-state index contributed by atoms with van der Waals surface area (Å²) in [7, 11) is 0. The number of likely N-dealkylation sites (N-methyl/N-ethyl adjacent to an activating group) is 1. The molecule has 0 bridgehead atoms. The molecule has 1 unspecified atom stereocenters. The van der Waals surface area contributed by atoms with Crippen molar-refractivity contribution in [2.75, 3.05) is 26.2 Å². The molecule has 1 saturated heterocycles. The molecule has 3 nitrogen and oxygen atoms in total. The number of hydrogen-bond acceptors (Lipinski definition) is 1. The van der Waals surface area contributed by atoms with Crippen molar-refractivity contribution in [2.45, 2.75) is 63.3 Å². The smallest absolute Gasteiger partial charge is 0.233 e. The third-order valence-electron chi connectivity index (χ3n) is 7.15. The van der Waals surface area contributed by atoms with Crippen molar-refractivity contribution in [3.63, 3.8) is 0 Å². The second-order valence-electron chi connectivity index (χ2n) is 8.91. The van der Waals surface area contributed by atoms with Gasteiger partial charge < -0.3 is 9.80 Å². The van der Waals surface area contributed by atoms with Crippen LogP contribution in [-0.4, -0.2) is 43.0 Å². The van der Waals surface area contributed by atoms with Crippen LogP contribution in [0.25, 0.3) is 0 Å². The van der Waals surface area contributed by atoms with Crippen molar-refractivity contribution in [3.05, 3.63) is 48.0 Å². The highest BCUT2D eigenvalue weighted by Gasteiger charge is 2.53. The molecule has 3 heteroatoms. The molecule has 0 spiro atoms. The van der Waals surface area contributed by atoms with Crippen LogP contribution in [-0.2, 0) is 10.2 Å². The van der Waals surface area contributed by atoms with Crippen LogP contribution in [0.1, 0.15) is 57.4 Å². The lowest BCUT2D eigenvalue weighted by molar-refractivity contribution is -0.909. The highest BCUT2D eigenvalue weighted by molar-refractivity contribution is 5.91. The highest BCUT2D eigenvalue weighted by atomic mass is 16.2. The minimum atomic E-state index is -0.225. The number of hydrogen-bond donors (Lipinski definition) is 1. The van der Waals surface area contributed by atoms with E-state index < -0.39 is 0 Å². The van der Waals surface area contributed by atoms with Gasteiger partial charge in [-0.1, -0.05) is 42.5 Å². The number of carbonyl (C=O) groups excluding carboxylic acids is 1. The summed E-state index contributed by atoms with van der Waals surface area (Å²) in [5, 5.41) is 0. The molecule has 1 aliphatic heterocycles. The first-order chi connectivity index (χ1) is 13.2. The number of amides is 1. The molecule has 1 saturated carbocycles. The second-order valence-corrected chi connectivity index (χ2v) is 8.91. The number of nitrogens with one attached hydrogen (secondary N) is 1. The Balaban J connectivity index is 1.53. The summed E-state index contributed by atoms with van der Waals surface area (Å²) in [5.74, 6) is 1.04. The van der Waals surface area contributed by atoms with E-state index in [1.807, 2.05) is 0 Å². The number of quaternary nitrogens is 1. The topological polar surface area (TPSA) is 24.8 Å². The maximum Gasteiger partial charge on any atom is 0.233 e. The van der Waals surface area contributed by atoms with Crippen LogP contribution in [0.4, 0.5) is 0 Å². The van der Waals surface area contributed by atoms with Gasteiger partial charge >= 0.3 is 0 Å². The minimum Gasteiger partial charge on any atom is -0.336 e. The molecule has 1 heterocycles. The Morgan fingerprint density at radius 2 is 1.96 bits per heavy atom. The van der Waals surface area contributed by atoms with Gasteiger partial charge in [-0.15, -0.1) is 0 Å². The number of carbonyl (C=O) groups is 1. The van der Waals surface area contributed by atoms with Gasteiger partial charge in [-0.25, -0.2) is 0 Å². The number of allylic oxidation sites excluding steroid dienone is 2. The fraction of sp³-hybridized carbons (Fsp3) is 0.625. The lowest BCUT2D eigenvalue weighted by Crippen LogP contribution is -3.14. The van der Waals surface area contributed by atoms with Crippen LogP contribution in [0.2, 0.25) is 0 Å². The van der Waals surface area contributed by atoms with Gasteiger partial charge in [0.2, 0.25) is 5.91 Å². The predicted octanol–water partition coefficient (Wildman–Crippen LogP) is 2.97. The quantitative estimate of drug-likeness (QED) is 0.737. The molecule has 3 aliphatic rings. The maximum atomic E-state index is 13.8. The van der Waals surface area contributed by atoms with Gasteiger partial charge in [0.25, 0.3) is 0 Å². The van der Waals surface area contributed by atoms with Crippen LogP contribution in [0.15, 0.2) is 42.5 Å². The number of likely N-dealkylation sites (tertiary alicyclic amines) is 1. The third kappa shape index (κ3) is 3.99. The van der Waals surface area contributed by atoms with Gasteiger partial charge in [0.1, 0.15) is 6.04 Å². The largest absolute Gasteiger partial charge is 0.336 e. The monoisotopic (exact) mass is 367 g/mol. The Morgan fingerprint density at radius 3 is 2.63 bits per heavy atom. The molecule has 3 atom stereocenters. The summed E-state index contributed by atoms with van der Waals surface area (Å²) in [6.07, 6.45) is 12.8. The predicted molar refractivity (Wildman–Crippen MR) is 110 cm³/mol. The van der Waals surface area contributed by atoms with Gasteiger partial charge in [0.15, 0.2) is 0 Å². The first kappa shape index (κ1) is 18.7. The van der Waals surface area contributed by atoms with Crippen molar-refractivity contribution in [1.29, 1.82) is 0 Å². The standard InChI is InChI=1S/C24H34N2O/c1-2-25-17-9-14-22(25)19-26(18-20-10-5-3-6-11-20)23(27)24(15-16-24)21-12-7-4-8-13-21/h3-5,7-8,12-13,20,22H,2,6,9-11,14-19H2,1H3/p+1/t20-,22-/m0/s1. The Hall–Kier alpha value is -1.61. The van der Waals surface area contributed by atoms with Crippen LogP contribution in [0.3, 0.4) is 0 Å². The van der Waals surface area contributed by atoms with E-state index in [0.29, 0.717) is 17.9 Å². The Labute approximate surface area is 164 Å². The van der Waals surface area contributed by atoms with Crippen molar-refractivity contribution < 1.29 is 9.69 Å². The Bertz CT molecular complexity index is 664. The maximum absolute atomic E-state index is 13.8. The van der Waals surface area contributed by atoms with E-state index in [2.05, 4.69) is 54.3 Å². The van der Waals surface area contributed by atoms with Crippen molar-refractivity contribution in [1.82, 2.24) is 4.90 Å². The lowest BCUT2D eigenvalue weighted by Gasteiger charge is -2.34. The van der Waals surface area contributed by atoms with E-state index in [0.717, 1.165) is 32.4 Å². The van der Waals surface area contributed by atoms with Crippen molar-refractivity contribution in [3.8, 4) is 0 Å².